The third-order valence-electron chi connectivity index (χ3n) is 4.60. The Morgan fingerprint density at radius 3 is 2.54 bits per heavy atom. The quantitative estimate of drug-likeness (QED) is 0.723. The molecule has 1 heterocycles. The lowest BCUT2D eigenvalue weighted by molar-refractivity contribution is -0.114. The van der Waals surface area contributed by atoms with Gasteiger partial charge in [0.2, 0.25) is 5.91 Å². The molecule has 28 heavy (non-hydrogen) atoms. The van der Waals surface area contributed by atoms with Crippen LogP contribution in [-0.2, 0) is 4.79 Å². The summed E-state index contributed by atoms with van der Waals surface area (Å²) in [5, 5.41) is 6.23. The van der Waals surface area contributed by atoms with Crippen LogP contribution in [0.15, 0.2) is 42.5 Å². The molecule has 0 aliphatic carbocycles. The number of benzene rings is 2. The van der Waals surface area contributed by atoms with Crippen molar-refractivity contribution in [2.24, 2.45) is 0 Å². The Morgan fingerprint density at radius 2 is 1.82 bits per heavy atom. The van der Waals surface area contributed by atoms with Crippen molar-refractivity contribution in [2.45, 2.75) is 19.8 Å². The predicted molar refractivity (Wildman–Crippen MR) is 110 cm³/mol. The van der Waals surface area contributed by atoms with Gasteiger partial charge in [-0.15, -0.1) is 0 Å². The largest absolute Gasteiger partial charge is 0.375 e. The molecule has 0 bridgehead atoms. The van der Waals surface area contributed by atoms with Gasteiger partial charge in [-0.1, -0.05) is 23.7 Å². The fraction of sp³-hybridized carbons (Fsp3) is 0.286. The van der Waals surface area contributed by atoms with E-state index in [9.17, 15) is 14.4 Å². The SMILES string of the molecule is CC(=O)c1cccc(NC(=O)CNc2cc(Cl)ccc2C(=O)N2CCCC2)c1. The second-order valence-electron chi connectivity index (χ2n) is 6.73. The number of Topliss-reactive ketones (excluding diaryl/α,β-unsaturated/α-hetero) is 1. The van der Waals surface area contributed by atoms with Gasteiger partial charge in [-0.05, 0) is 50.1 Å². The normalized spacial score (nSPS) is 13.3. The molecule has 0 aromatic heterocycles. The first-order chi connectivity index (χ1) is 13.4. The molecule has 146 valence electrons. The molecule has 2 aromatic carbocycles. The zero-order valence-electron chi connectivity index (χ0n) is 15.6. The summed E-state index contributed by atoms with van der Waals surface area (Å²) in [7, 11) is 0. The number of carbonyl (C=O) groups excluding carboxylic acids is 3. The van der Waals surface area contributed by atoms with Crippen LogP contribution < -0.4 is 10.6 Å². The van der Waals surface area contributed by atoms with Gasteiger partial charge >= 0.3 is 0 Å². The van der Waals surface area contributed by atoms with Gasteiger partial charge < -0.3 is 15.5 Å². The summed E-state index contributed by atoms with van der Waals surface area (Å²) >= 11 is 6.08. The van der Waals surface area contributed by atoms with Gasteiger partial charge in [-0.2, -0.15) is 0 Å². The van der Waals surface area contributed by atoms with Crippen molar-refractivity contribution in [3.63, 3.8) is 0 Å². The number of carbonyl (C=O) groups is 3. The molecule has 0 spiro atoms. The van der Waals surface area contributed by atoms with E-state index in [4.69, 9.17) is 11.6 Å². The third kappa shape index (κ3) is 4.89. The first kappa shape index (κ1) is 19.9. The van der Waals surface area contributed by atoms with Crippen molar-refractivity contribution < 1.29 is 14.4 Å². The molecule has 7 heteroatoms. The molecule has 0 atom stereocenters. The van der Waals surface area contributed by atoms with Crippen LogP contribution in [0.1, 0.15) is 40.5 Å². The third-order valence-corrected chi connectivity index (χ3v) is 4.83. The highest BCUT2D eigenvalue weighted by atomic mass is 35.5. The molecule has 1 aliphatic heterocycles. The number of nitrogens with zero attached hydrogens (tertiary/aromatic N) is 1. The van der Waals surface area contributed by atoms with Crippen LogP contribution in [0.2, 0.25) is 5.02 Å². The molecule has 1 aliphatic rings. The van der Waals surface area contributed by atoms with Crippen LogP contribution in [0.5, 0.6) is 0 Å². The minimum absolute atomic E-state index is 0.0368. The Hall–Kier alpha value is -2.86. The van der Waals surface area contributed by atoms with Crippen molar-refractivity contribution in [3.8, 4) is 0 Å². The summed E-state index contributed by atoms with van der Waals surface area (Å²) < 4.78 is 0. The fourth-order valence-corrected chi connectivity index (χ4v) is 3.31. The summed E-state index contributed by atoms with van der Waals surface area (Å²) in [6, 6.07) is 11.7. The van der Waals surface area contributed by atoms with Gasteiger partial charge in [0.15, 0.2) is 5.78 Å². The highest BCUT2D eigenvalue weighted by Crippen LogP contribution is 2.24. The number of nitrogens with one attached hydrogen (secondary N) is 2. The molecule has 6 nitrogen and oxygen atoms in total. The highest BCUT2D eigenvalue weighted by Gasteiger charge is 2.22. The lowest BCUT2D eigenvalue weighted by Gasteiger charge is -2.18. The molecule has 0 radical (unpaired) electrons. The van der Waals surface area contributed by atoms with Gasteiger partial charge in [-0.25, -0.2) is 0 Å². The molecular formula is C21H22ClN3O3. The van der Waals surface area contributed by atoms with Crippen molar-refractivity contribution in [3.05, 3.63) is 58.6 Å². The van der Waals surface area contributed by atoms with E-state index < -0.39 is 0 Å². The molecule has 2 amide bonds. The van der Waals surface area contributed by atoms with Crippen molar-refractivity contribution in [1.82, 2.24) is 4.90 Å². The van der Waals surface area contributed by atoms with E-state index in [2.05, 4.69) is 10.6 Å². The van der Waals surface area contributed by atoms with Gasteiger partial charge in [-0.3, -0.25) is 14.4 Å². The van der Waals surface area contributed by atoms with E-state index in [1.54, 1.807) is 42.5 Å². The number of halogens is 1. The van der Waals surface area contributed by atoms with Gasteiger partial charge in [0.05, 0.1) is 12.1 Å². The Balaban J connectivity index is 1.67. The Morgan fingerprint density at radius 1 is 1.07 bits per heavy atom. The minimum atomic E-state index is -0.291. The van der Waals surface area contributed by atoms with Crippen LogP contribution in [0.3, 0.4) is 0 Å². The smallest absolute Gasteiger partial charge is 0.255 e. The number of likely N-dealkylation sites (tertiary alicyclic amines) is 1. The predicted octanol–water partition coefficient (Wildman–Crippen LogP) is 3.83. The number of rotatable bonds is 6. The molecule has 2 N–H and O–H groups in total. The van der Waals surface area contributed by atoms with Crippen LogP contribution in [-0.4, -0.2) is 42.1 Å². The number of amides is 2. The lowest BCUT2D eigenvalue weighted by Crippen LogP contribution is -2.29. The molecular weight excluding hydrogens is 378 g/mol. The molecule has 0 saturated carbocycles. The second-order valence-corrected chi connectivity index (χ2v) is 7.16. The van der Waals surface area contributed by atoms with Crippen molar-refractivity contribution in [2.75, 3.05) is 30.3 Å². The van der Waals surface area contributed by atoms with E-state index in [0.29, 0.717) is 27.5 Å². The maximum atomic E-state index is 12.7. The first-order valence-corrected chi connectivity index (χ1v) is 9.55. The zero-order valence-corrected chi connectivity index (χ0v) is 16.4. The second kappa shape index (κ2) is 8.89. The van der Waals surface area contributed by atoms with Crippen LogP contribution in [0.25, 0.3) is 0 Å². The first-order valence-electron chi connectivity index (χ1n) is 9.17. The zero-order chi connectivity index (χ0) is 20.1. The molecule has 1 fully saturated rings. The van der Waals surface area contributed by atoms with Crippen molar-refractivity contribution >= 4 is 40.6 Å². The fourth-order valence-electron chi connectivity index (χ4n) is 3.14. The maximum absolute atomic E-state index is 12.7. The Labute approximate surface area is 168 Å². The summed E-state index contributed by atoms with van der Waals surface area (Å²) in [5.74, 6) is -0.426. The van der Waals surface area contributed by atoms with Gasteiger partial charge in [0, 0.05) is 35.1 Å². The summed E-state index contributed by atoms with van der Waals surface area (Å²) in [5.41, 5.74) is 2.09. The van der Waals surface area contributed by atoms with E-state index in [0.717, 1.165) is 25.9 Å². The summed E-state index contributed by atoms with van der Waals surface area (Å²) in [6.45, 7) is 2.92. The standard InChI is InChI=1S/C21H22ClN3O3/c1-14(26)15-5-4-6-17(11-15)24-20(27)13-23-19-12-16(22)7-8-18(19)21(28)25-9-2-3-10-25/h4-8,11-12,23H,2-3,9-10,13H2,1H3,(H,24,27). The van der Waals surface area contributed by atoms with Gasteiger partial charge in [0.25, 0.3) is 5.91 Å². The summed E-state index contributed by atoms with van der Waals surface area (Å²) in [6.07, 6.45) is 2.01. The highest BCUT2D eigenvalue weighted by molar-refractivity contribution is 6.31. The average Bonchev–Trinajstić information content (AvgIpc) is 3.21. The average molecular weight is 400 g/mol. The van der Waals surface area contributed by atoms with E-state index in [1.807, 2.05) is 4.90 Å². The van der Waals surface area contributed by atoms with Crippen molar-refractivity contribution in [1.29, 1.82) is 0 Å². The minimum Gasteiger partial charge on any atom is -0.375 e. The topological polar surface area (TPSA) is 78.5 Å². The molecule has 3 rings (SSSR count). The maximum Gasteiger partial charge on any atom is 0.255 e. The van der Waals surface area contributed by atoms with Gasteiger partial charge in [0.1, 0.15) is 0 Å². The molecule has 0 unspecified atom stereocenters. The number of anilines is 2. The van der Waals surface area contributed by atoms with E-state index >= 15 is 0 Å². The number of hydrogen-bond acceptors (Lipinski definition) is 4. The van der Waals surface area contributed by atoms with Crippen LogP contribution in [0.4, 0.5) is 11.4 Å². The van der Waals surface area contributed by atoms with Crippen LogP contribution >= 0.6 is 11.6 Å². The summed E-state index contributed by atoms with van der Waals surface area (Å²) in [4.78, 5) is 38.3. The lowest BCUT2D eigenvalue weighted by atomic mass is 10.1. The number of hydrogen-bond donors (Lipinski definition) is 2. The monoisotopic (exact) mass is 399 g/mol. The molecule has 1 saturated heterocycles. The number of ketones is 1. The Kier molecular flexibility index (Phi) is 6.31. The molecule has 2 aromatic rings. The van der Waals surface area contributed by atoms with E-state index in [1.165, 1.54) is 6.92 Å². The van der Waals surface area contributed by atoms with E-state index in [-0.39, 0.29) is 24.1 Å². The Bertz CT molecular complexity index is 908. The van der Waals surface area contributed by atoms with Crippen LogP contribution in [0, 0.1) is 0 Å².